The van der Waals surface area contributed by atoms with Crippen LogP contribution in [0.5, 0.6) is 0 Å². The van der Waals surface area contributed by atoms with E-state index < -0.39 is 0 Å². The van der Waals surface area contributed by atoms with Gasteiger partial charge >= 0.3 is 0 Å². The first kappa shape index (κ1) is 22.6. The molecule has 0 bridgehead atoms. The molecule has 2 aromatic carbocycles. The first-order valence-corrected chi connectivity index (χ1v) is 9.26. The van der Waals surface area contributed by atoms with Gasteiger partial charge in [-0.05, 0) is 17.2 Å². The predicted octanol–water partition coefficient (Wildman–Crippen LogP) is 3.21. The van der Waals surface area contributed by atoms with Crippen molar-refractivity contribution in [3.8, 4) is 0 Å². The van der Waals surface area contributed by atoms with Crippen LogP contribution >= 0.6 is 24.0 Å². The standard InChI is InChI=1S/C21H28N4O2.HI/c1-26-16-19-7-2-3-8-20(19)24-21(22)23-14-17-5-4-6-18(13-17)15-25-9-11-27-12-10-25;/h2-8,13H,9-12,14-16H2,1H3,(H3,22,23,24);1H. The molecule has 1 fully saturated rings. The van der Waals surface area contributed by atoms with E-state index in [1.165, 1.54) is 5.56 Å². The largest absolute Gasteiger partial charge is 0.380 e. The maximum absolute atomic E-state index is 6.08. The van der Waals surface area contributed by atoms with E-state index in [0.29, 0.717) is 19.1 Å². The minimum atomic E-state index is 0. The zero-order chi connectivity index (χ0) is 18.9. The molecule has 0 radical (unpaired) electrons. The third kappa shape index (κ3) is 7.05. The van der Waals surface area contributed by atoms with Crippen molar-refractivity contribution in [2.45, 2.75) is 19.7 Å². The molecule has 0 amide bonds. The maximum atomic E-state index is 6.08. The van der Waals surface area contributed by atoms with Gasteiger partial charge in [0, 0.05) is 38.0 Å². The molecule has 1 heterocycles. The van der Waals surface area contributed by atoms with E-state index in [2.05, 4.69) is 39.5 Å². The van der Waals surface area contributed by atoms with Gasteiger partial charge in [-0.25, -0.2) is 4.99 Å². The highest BCUT2D eigenvalue weighted by molar-refractivity contribution is 14.0. The third-order valence-corrected chi connectivity index (χ3v) is 4.51. The third-order valence-electron chi connectivity index (χ3n) is 4.51. The van der Waals surface area contributed by atoms with Gasteiger partial charge in [-0.3, -0.25) is 4.90 Å². The number of nitrogens with zero attached hydrogens (tertiary/aromatic N) is 2. The highest BCUT2D eigenvalue weighted by Gasteiger charge is 2.10. The van der Waals surface area contributed by atoms with Crippen LogP contribution in [0.3, 0.4) is 0 Å². The molecule has 3 N–H and O–H groups in total. The lowest BCUT2D eigenvalue weighted by Gasteiger charge is -2.26. The number of hydrogen-bond donors (Lipinski definition) is 2. The molecule has 0 unspecified atom stereocenters. The number of ether oxygens (including phenoxy) is 2. The van der Waals surface area contributed by atoms with Gasteiger partial charge in [0.15, 0.2) is 5.96 Å². The summed E-state index contributed by atoms with van der Waals surface area (Å²) >= 11 is 0. The van der Waals surface area contributed by atoms with E-state index in [1.54, 1.807) is 7.11 Å². The second kappa shape index (κ2) is 12.0. The van der Waals surface area contributed by atoms with Crippen LogP contribution in [0, 0.1) is 0 Å². The van der Waals surface area contributed by atoms with E-state index in [4.69, 9.17) is 15.2 Å². The van der Waals surface area contributed by atoms with Gasteiger partial charge in [-0.2, -0.15) is 0 Å². The number of para-hydroxylation sites is 1. The summed E-state index contributed by atoms with van der Waals surface area (Å²) < 4.78 is 10.6. The number of benzene rings is 2. The molecule has 0 saturated carbocycles. The fourth-order valence-electron chi connectivity index (χ4n) is 3.12. The molecule has 28 heavy (non-hydrogen) atoms. The summed E-state index contributed by atoms with van der Waals surface area (Å²) in [4.78, 5) is 6.90. The molecule has 0 aromatic heterocycles. The molecule has 1 aliphatic heterocycles. The number of aliphatic imine (C=N–C) groups is 1. The number of anilines is 1. The number of nitrogens with one attached hydrogen (secondary N) is 1. The van der Waals surface area contributed by atoms with Gasteiger partial charge in [-0.1, -0.05) is 42.5 Å². The summed E-state index contributed by atoms with van der Waals surface area (Å²) in [5.41, 5.74) is 10.5. The van der Waals surface area contributed by atoms with E-state index in [9.17, 15) is 0 Å². The lowest BCUT2D eigenvalue weighted by Crippen LogP contribution is -2.35. The zero-order valence-electron chi connectivity index (χ0n) is 16.3. The van der Waals surface area contributed by atoms with Crippen molar-refractivity contribution in [2.75, 3.05) is 38.7 Å². The fraction of sp³-hybridized carbons (Fsp3) is 0.381. The van der Waals surface area contributed by atoms with Crippen LogP contribution in [0.4, 0.5) is 5.69 Å². The van der Waals surface area contributed by atoms with Crippen LogP contribution < -0.4 is 11.1 Å². The smallest absolute Gasteiger partial charge is 0.193 e. The van der Waals surface area contributed by atoms with E-state index in [0.717, 1.165) is 49.7 Å². The number of methoxy groups -OCH3 is 1. The molecule has 0 atom stereocenters. The van der Waals surface area contributed by atoms with Gasteiger partial charge in [0.25, 0.3) is 0 Å². The van der Waals surface area contributed by atoms with Crippen LogP contribution in [0.2, 0.25) is 0 Å². The van der Waals surface area contributed by atoms with Crippen molar-refractivity contribution in [3.05, 3.63) is 65.2 Å². The number of guanidine groups is 1. The number of nitrogens with two attached hydrogens (primary N) is 1. The van der Waals surface area contributed by atoms with Gasteiger partial charge in [0.1, 0.15) is 0 Å². The Hall–Kier alpha value is -1.68. The van der Waals surface area contributed by atoms with Crippen LogP contribution in [-0.2, 0) is 29.2 Å². The normalized spacial score (nSPS) is 15.1. The van der Waals surface area contributed by atoms with Crippen molar-refractivity contribution in [3.63, 3.8) is 0 Å². The Kier molecular flexibility index (Phi) is 9.69. The molecule has 152 valence electrons. The van der Waals surface area contributed by atoms with Crippen molar-refractivity contribution in [1.29, 1.82) is 0 Å². The van der Waals surface area contributed by atoms with Gasteiger partial charge < -0.3 is 20.5 Å². The number of hydrogen-bond acceptors (Lipinski definition) is 4. The Labute approximate surface area is 184 Å². The van der Waals surface area contributed by atoms with E-state index in [-0.39, 0.29) is 24.0 Å². The van der Waals surface area contributed by atoms with Crippen molar-refractivity contribution >= 4 is 35.6 Å². The molecule has 0 spiro atoms. The Morgan fingerprint density at radius 3 is 2.68 bits per heavy atom. The number of halogens is 1. The molecular weight excluding hydrogens is 467 g/mol. The van der Waals surface area contributed by atoms with Crippen molar-refractivity contribution < 1.29 is 9.47 Å². The molecule has 7 heteroatoms. The monoisotopic (exact) mass is 496 g/mol. The molecule has 3 rings (SSSR count). The minimum absolute atomic E-state index is 0. The topological polar surface area (TPSA) is 72.1 Å². The fourth-order valence-corrected chi connectivity index (χ4v) is 3.12. The predicted molar refractivity (Wildman–Crippen MR) is 124 cm³/mol. The van der Waals surface area contributed by atoms with Crippen LogP contribution in [0.15, 0.2) is 53.5 Å². The maximum Gasteiger partial charge on any atom is 0.193 e. The highest BCUT2D eigenvalue weighted by atomic mass is 127. The quantitative estimate of drug-likeness (QED) is 0.350. The Morgan fingerprint density at radius 1 is 1.14 bits per heavy atom. The second-order valence-corrected chi connectivity index (χ2v) is 6.63. The lowest BCUT2D eigenvalue weighted by atomic mass is 10.1. The Balaban J connectivity index is 0.00000280. The van der Waals surface area contributed by atoms with Crippen LogP contribution in [0.1, 0.15) is 16.7 Å². The summed E-state index contributed by atoms with van der Waals surface area (Å²) in [6.45, 7) is 5.62. The van der Waals surface area contributed by atoms with Crippen LogP contribution in [0.25, 0.3) is 0 Å². The first-order valence-electron chi connectivity index (χ1n) is 9.26. The molecule has 0 aliphatic carbocycles. The summed E-state index contributed by atoms with van der Waals surface area (Å²) in [5, 5.41) is 3.17. The Bertz CT molecular complexity index is 764. The Morgan fingerprint density at radius 2 is 1.89 bits per heavy atom. The van der Waals surface area contributed by atoms with E-state index in [1.807, 2.05) is 24.3 Å². The molecule has 6 nitrogen and oxygen atoms in total. The summed E-state index contributed by atoms with van der Waals surface area (Å²) in [6, 6.07) is 16.4. The number of morpholine rings is 1. The van der Waals surface area contributed by atoms with E-state index >= 15 is 0 Å². The second-order valence-electron chi connectivity index (χ2n) is 6.63. The summed E-state index contributed by atoms with van der Waals surface area (Å²) in [7, 11) is 1.68. The minimum Gasteiger partial charge on any atom is -0.380 e. The molecular formula is C21H29IN4O2. The average Bonchev–Trinajstić information content (AvgIpc) is 2.69. The summed E-state index contributed by atoms with van der Waals surface area (Å²) in [5.74, 6) is 0.400. The SMILES string of the molecule is COCc1ccccc1NC(N)=NCc1cccc(CN2CCOCC2)c1.I. The summed E-state index contributed by atoms with van der Waals surface area (Å²) in [6.07, 6.45) is 0. The van der Waals surface area contributed by atoms with Gasteiger partial charge in [0.05, 0.1) is 26.4 Å². The zero-order valence-corrected chi connectivity index (χ0v) is 18.6. The highest BCUT2D eigenvalue weighted by Crippen LogP contribution is 2.16. The van der Waals surface area contributed by atoms with Crippen molar-refractivity contribution in [1.82, 2.24) is 4.90 Å². The molecule has 2 aromatic rings. The molecule has 1 aliphatic rings. The van der Waals surface area contributed by atoms with Crippen molar-refractivity contribution in [2.24, 2.45) is 10.7 Å². The van der Waals surface area contributed by atoms with Gasteiger partial charge in [0.2, 0.25) is 0 Å². The molecule has 1 saturated heterocycles. The lowest BCUT2D eigenvalue weighted by molar-refractivity contribution is 0.0342. The first-order chi connectivity index (χ1) is 13.2. The number of rotatable bonds is 7. The van der Waals surface area contributed by atoms with Gasteiger partial charge in [-0.15, -0.1) is 24.0 Å². The average molecular weight is 496 g/mol. The van der Waals surface area contributed by atoms with Crippen LogP contribution in [-0.4, -0.2) is 44.3 Å².